The lowest BCUT2D eigenvalue weighted by atomic mass is 10.3. The van der Waals surface area contributed by atoms with Crippen LogP contribution in [0.2, 0.25) is 0 Å². The largest absolute Gasteiger partial charge is 0.428 e. The third-order valence-electron chi connectivity index (χ3n) is 3.51. The number of halogens is 1. The fourth-order valence-electron chi connectivity index (χ4n) is 2.45. The third-order valence-corrected chi connectivity index (χ3v) is 7.07. The van der Waals surface area contributed by atoms with E-state index in [4.69, 9.17) is 3.07 Å². The van der Waals surface area contributed by atoms with Gasteiger partial charge in [-0.3, -0.25) is 0 Å². The molecule has 0 saturated carbocycles. The van der Waals surface area contributed by atoms with Crippen molar-refractivity contribution in [1.29, 1.82) is 0 Å². The highest BCUT2D eigenvalue weighted by molar-refractivity contribution is 14.1. The zero-order chi connectivity index (χ0) is 15.4. The van der Waals surface area contributed by atoms with Gasteiger partial charge in [0.15, 0.2) is 30.1 Å². The van der Waals surface area contributed by atoms with Gasteiger partial charge in [0.1, 0.15) is 5.75 Å². The molecule has 0 bridgehead atoms. The quantitative estimate of drug-likeness (QED) is 0.470. The molecule has 0 aliphatic carbocycles. The van der Waals surface area contributed by atoms with Crippen LogP contribution in [0.15, 0.2) is 84.9 Å². The molecular formula is C18H14IO2P. The van der Waals surface area contributed by atoms with E-state index >= 15 is 0 Å². The first-order valence-electron chi connectivity index (χ1n) is 6.85. The minimum atomic E-state index is -2.90. The van der Waals surface area contributed by atoms with Gasteiger partial charge < -0.3 is 7.63 Å². The molecule has 0 unspecified atom stereocenters. The normalized spacial score (nSPS) is 11.1. The van der Waals surface area contributed by atoms with Crippen molar-refractivity contribution in [2.45, 2.75) is 0 Å². The Kier molecular flexibility index (Phi) is 4.65. The molecule has 3 aromatic carbocycles. The molecule has 0 aliphatic heterocycles. The van der Waals surface area contributed by atoms with Crippen LogP contribution in [0.4, 0.5) is 0 Å². The Balaban J connectivity index is 2.26. The summed E-state index contributed by atoms with van der Waals surface area (Å²) >= 11 is 1.84. The summed E-state index contributed by atoms with van der Waals surface area (Å²) in [5, 5.41) is 2.43. The second-order valence-corrected chi connectivity index (χ2v) is 8.06. The Morgan fingerprint density at radius 3 is 1.68 bits per heavy atom. The molecule has 0 spiro atoms. The molecule has 110 valence electrons. The van der Waals surface area contributed by atoms with Crippen LogP contribution in [0.25, 0.3) is 0 Å². The van der Waals surface area contributed by atoms with E-state index in [1.165, 1.54) is 0 Å². The maximum Gasteiger partial charge on any atom is 0.192 e. The van der Waals surface area contributed by atoms with Crippen molar-refractivity contribution < 1.29 is 7.63 Å². The van der Waals surface area contributed by atoms with Crippen molar-refractivity contribution in [2.24, 2.45) is 0 Å². The highest BCUT2D eigenvalue weighted by Crippen LogP contribution is 2.42. The molecule has 0 heterocycles. The van der Waals surface area contributed by atoms with Crippen LogP contribution >= 0.6 is 30.1 Å². The summed E-state index contributed by atoms with van der Waals surface area (Å²) in [6, 6.07) is 26.7. The molecule has 0 aliphatic rings. The molecule has 3 aromatic rings. The molecule has 0 radical (unpaired) electrons. The average Bonchev–Trinajstić information content (AvgIpc) is 2.62. The second-order valence-electron chi connectivity index (χ2n) is 4.85. The van der Waals surface area contributed by atoms with Crippen LogP contribution in [0.1, 0.15) is 0 Å². The first kappa shape index (κ1) is 15.3. The Labute approximate surface area is 144 Å². The molecule has 0 N–H and O–H groups in total. The van der Waals surface area contributed by atoms with Crippen molar-refractivity contribution in [2.75, 3.05) is 0 Å². The molecule has 22 heavy (non-hydrogen) atoms. The van der Waals surface area contributed by atoms with E-state index in [1.54, 1.807) is 0 Å². The lowest BCUT2D eigenvalue weighted by molar-refractivity contribution is 0.592. The summed E-state index contributed by atoms with van der Waals surface area (Å²) in [6.45, 7) is 0. The number of benzene rings is 3. The van der Waals surface area contributed by atoms with E-state index in [2.05, 4.69) is 0 Å². The van der Waals surface area contributed by atoms with E-state index in [0.29, 0.717) is 5.75 Å². The van der Waals surface area contributed by atoms with Crippen molar-refractivity contribution in [3.05, 3.63) is 84.9 Å². The fraction of sp³-hybridized carbons (Fsp3) is 0. The minimum absolute atomic E-state index is 0.699. The number of rotatable bonds is 4. The molecule has 0 aromatic heterocycles. The zero-order valence-electron chi connectivity index (χ0n) is 11.7. The zero-order valence-corrected chi connectivity index (χ0v) is 14.8. The molecule has 0 amide bonds. The Bertz CT molecular complexity index is 760. The molecule has 0 fully saturated rings. The van der Waals surface area contributed by atoms with Crippen molar-refractivity contribution in [3.63, 3.8) is 0 Å². The molecule has 2 nitrogen and oxygen atoms in total. The van der Waals surface area contributed by atoms with Crippen molar-refractivity contribution in [1.82, 2.24) is 0 Å². The maximum absolute atomic E-state index is 14.0. The van der Waals surface area contributed by atoms with Gasteiger partial charge in [0.2, 0.25) is 0 Å². The first-order chi connectivity index (χ1) is 10.7. The maximum atomic E-state index is 14.0. The van der Waals surface area contributed by atoms with Gasteiger partial charge in [0.05, 0.1) is 0 Å². The van der Waals surface area contributed by atoms with Gasteiger partial charge in [-0.25, -0.2) is 0 Å². The van der Waals surface area contributed by atoms with Gasteiger partial charge >= 0.3 is 0 Å². The van der Waals surface area contributed by atoms with Crippen LogP contribution in [0.5, 0.6) is 5.75 Å². The van der Waals surface area contributed by atoms with Gasteiger partial charge in [-0.05, 0) is 12.1 Å². The van der Waals surface area contributed by atoms with Crippen LogP contribution in [0, 0.1) is 0 Å². The summed E-state index contributed by atoms with van der Waals surface area (Å²) in [6.07, 6.45) is 0. The van der Waals surface area contributed by atoms with Gasteiger partial charge in [-0.2, -0.15) is 0 Å². The van der Waals surface area contributed by atoms with Gasteiger partial charge in [0.25, 0.3) is 0 Å². The van der Waals surface area contributed by atoms with Gasteiger partial charge in [-0.1, -0.05) is 72.8 Å². The smallest absolute Gasteiger partial charge is 0.192 e. The Hall–Kier alpha value is -1.58. The van der Waals surface area contributed by atoms with E-state index < -0.39 is 7.14 Å². The molecule has 0 atom stereocenters. The summed E-state index contributed by atoms with van der Waals surface area (Å²) in [5.74, 6) is 0.699. The first-order valence-corrected chi connectivity index (χ1v) is 9.44. The third kappa shape index (κ3) is 2.83. The topological polar surface area (TPSA) is 26.3 Å². The van der Waals surface area contributed by atoms with Crippen LogP contribution in [-0.4, -0.2) is 0 Å². The predicted molar refractivity (Wildman–Crippen MR) is 100 cm³/mol. The highest BCUT2D eigenvalue weighted by Gasteiger charge is 2.29. The van der Waals surface area contributed by atoms with Gasteiger partial charge in [0, 0.05) is 15.9 Å². The van der Waals surface area contributed by atoms with Gasteiger partial charge in [-0.15, -0.1) is 0 Å². The highest BCUT2D eigenvalue weighted by atomic mass is 127. The SMILES string of the molecule is O=P(c1ccccc1)(c1ccccc1)c1cccc(OI)c1. The van der Waals surface area contributed by atoms with Crippen molar-refractivity contribution >= 4 is 46.1 Å². The van der Waals surface area contributed by atoms with E-state index in [0.717, 1.165) is 15.9 Å². The van der Waals surface area contributed by atoms with Crippen molar-refractivity contribution in [3.8, 4) is 5.75 Å². The second kappa shape index (κ2) is 6.67. The molecule has 4 heteroatoms. The van der Waals surface area contributed by atoms with Crippen LogP contribution < -0.4 is 19.0 Å². The van der Waals surface area contributed by atoms with E-state index in [1.807, 2.05) is 108 Å². The van der Waals surface area contributed by atoms with E-state index in [9.17, 15) is 4.57 Å². The lowest BCUT2D eigenvalue weighted by Crippen LogP contribution is -2.24. The Morgan fingerprint density at radius 1 is 0.682 bits per heavy atom. The molecule has 0 saturated heterocycles. The molecule has 3 rings (SSSR count). The summed E-state index contributed by atoms with van der Waals surface area (Å²) in [4.78, 5) is 0. The number of hydrogen-bond acceptors (Lipinski definition) is 2. The van der Waals surface area contributed by atoms with E-state index in [-0.39, 0.29) is 0 Å². The standard InChI is InChI=1S/C18H14IO2P/c19-21-15-8-7-13-18(14-15)22(20,16-9-3-1-4-10-16)17-11-5-2-6-12-17/h1-14H. The van der Waals surface area contributed by atoms with Crippen LogP contribution in [0.3, 0.4) is 0 Å². The average molecular weight is 420 g/mol. The summed E-state index contributed by atoms with van der Waals surface area (Å²) in [5.41, 5.74) is 0. The molecular weight excluding hydrogens is 406 g/mol. The predicted octanol–water partition coefficient (Wildman–Crippen LogP) is 4.05. The fourth-order valence-corrected chi connectivity index (χ4v) is 5.41. The Morgan fingerprint density at radius 2 is 1.18 bits per heavy atom. The minimum Gasteiger partial charge on any atom is -0.428 e. The summed E-state index contributed by atoms with van der Waals surface area (Å²) < 4.78 is 19.3. The summed E-state index contributed by atoms with van der Waals surface area (Å²) in [7, 11) is -2.90. The van der Waals surface area contributed by atoms with Crippen LogP contribution in [-0.2, 0) is 4.57 Å². The number of hydrogen-bond donors (Lipinski definition) is 0. The lowest BCUT2D eigenvalue weighted by Gasteiger charge is -2.20. The monoisotopic (exact) mass is 420 g/mol.